The van der Waals surface area contributed by atoms with Crippen LogP contribution < -0.4 is 10.6 Å². The van der Waals surface area contributed by atoms with Gasteiger partial charge in [-0.05, 0) is 74.5 Å². The third kappa shape index (κ3) is 4.89. The minimum Gasteiger partial charge on any atom is -0.325 e. The van der Waals surface area contributed by atoms with Crippen molar-refractivity contribution in [1.82, 2.24) is 10.2 Å². The number of thioether (sulfide) groups is 1. The van der Waals surface area contributed by atoms with E-state index in [1.165, 1.54) is 42.7 Å². The molecular formula is C22H23F3N4O2S2. The smallest absolute Gasteiger partial charge is 0.325 e. The number of halogens is 3. The molecule has 4 saturated carbocycles. The van der Waals surface area contributed by atoms with Crippen LogP contribution in [0.25, 0.3) is 0 Å². The minimum absolute atomic E-state index is 0.0339. The van der Waals surface area contributed by atoms with Crippen LogP contribution in [0.15, 0.2) is 28.6 Å². The first-order valence-corrected chi connectivity index (χ1v) is 12.7. The van der Waals surface area contributed by atoms with Gasteiger partial charge in [-0.3, -0.25) is 9.59 Å². The molecule has 176 valence electrons. The summed E-state index contributed by atoms with van der Waals surface area (Å²) in [5.74, 6) is 1.55. The lowest BCUT2D eigenvalue weighted by Gasteiger charge is -2.55. The molecule has 2 aromatic rings. The Morgan fingerprint density at radius 3 is 2.36 bits per heavy atom. The zero-order chi connectivity index (χ0) is 23.2. The zero-order valence-corrected chi connectivity index (χ0v) is 19.3. The van der Waals surface area contributed by atoms with Crippen LogP contribution in [-0.4, -0.2) is 27.8 Å². The summed E-state index contributed by atoms with van der Waals surface area (Å²) in [6.07, 6.45) is 2.18. The summed E-state index contributed by atoms with van der Waals surface area (Å²) in [6.45, 7) is 0. The van der Waals surface area contributed by atoms with E-state index in [9.17, 15) is 22.8 Å². The molecule has 1 heterocycles. The first kappa shape index (κ1) is 22.6. The number of hydrogen-bond donors (Lipinski definition) is 2. The number of alkyl halides is 3. The van der Waals surface area contributed by atoms with Crippen molar-refractivity contribution >= 4 is 45.7 Å². The van der Waals surface area contributed by atoms with E-state index >= 15 is 0 Å². The van der Waals surface area contributed by atoms with Gasteiger partial charge in [-0.2, -0.15) is 13.2 Å². The summed E-state index contributed by atoms with van der Waals surface area (Å²) in [5, 5.41) is 13.9. The number of amides is 2. The quantitative estimate of drug-likeness (QED) is 0.411. The van der Waals surface area contributed by atoms with Gasteiger partial charge >= 0.3 is 6.18 Å². The van der Waals surface area contributed by atoms with Gasteiger partial charge in [-0.25, -0.2) is 0 Å². The Morgan fingerprint density at radius 1 is 1.06 bits per heavy atom. The number of anilines is 2. The number of carbonyl (C=O) groups excluding carboxylic acids is 2. The van der Waals surface area contributed by atoms with Crippen LogP contribution in [0.2, 0.25) is 0 Å². The highest BCUT2D eigenvalue weighted by Crippen LogP contribution is 2.60. The lowest BCUT2D eigenvalue weighted by Crippen LogP contribution is -2.51. The zero-order valence-electron chi connectivity index (χ0n) is 17.7. The van der Waals surface area contributed by atoms with E-state index in [2.05, 4.69) is 20.8 Å². The average Bonchev–Trinajstić information content (AvgIpc) is 3.18. The Morgan fingerprint density at radius 2 is 1.73 bits per heavy atom. The van der Waals surface area contributed by atoms with E-state index in [0.717, 1.165) is 43.2 Å². The van der Waals surface area contributed by atoms with Gasteiger partial charge in [0.25, 0.3) is 0 Å². The van der Waals surface area contributed by atoms with E-state index < -0.39 is 17.6 Å². The van der Waals surface area contributed by atoms with Crippen molar-refractivity contribution in [2.45, 2.75) is 49.0 Å². The number of nitrogens with zero attached hydrogens (tertiary/aromatic N) is 2. The predicted octanol–water partition coefficient (Wildman–Crippen LogP) is 5.44. The molecule has 6 nitrogen and oxygen atoms in total. The molecule has 6 rings (SSSR count). The number of carbonyl (C=O) groups is 2. The summed E-state index contributed by atoms with van der Waals surface area (Å²) in [5.41, 5.74) is -1.02. The molecule has 4 aliphatic rings. The molecule has 0 aliphatic heterocycles. The molecule has 0 spiro atoms. The monoisotopic (exact) mass is 496 g/mol. The number of aromatic nitrogens is 2. The fourth-order valence-corrected chi connectivity index (χ4v) is 7.58. The molecule has 0 saturated heterocycles. The topological polar surface area (TPSA) is 84.0 Å². The van der Waals surface area contributed by atoms with E-state index in [-0.39, 0.29) is 22.8 Å². The second-order valence-corrected chi connectivity index (χ2v) is 11.6. The van der Waals surface area contributed by atoms with Crippen LogP contribution in [0.3, 0.4) is 0 Å². The maximum Gasteiger partial charge on any atom is 0.416 e. The molecule has 2 amide bonds. The van der Waals surface area contributed by atoms with E-state index in [4.69, 9.17) is 0 Å². The fourth-order valence-electron chi connectivity index (χ4n) is 6.03. The van der Waals surface area contributed by atoms with Crippen molar-refractivity contribution in [3.05, 3.63) is 29.8 Å². The van der Waals surface area contributed by atoms with Crippen molar-refractivity contribution in [1.29, 1.82) is 0 Å². The van der Waals surface area contributed by atoms with E-state index in [1.54, 1.807) is 0 Å². The lowest BCUT2D eigenvalue weighted by molar-refractivity contribution is -0.140. The van der Waals surface area contributed by atoms with Crippen LogP contribution in [0.1, 0.15) is 44.1 Å². The second-order valence-electron chi connectivity index (χ2n) is 9.44. The van der Waals surface area contributed by atoms with E-state index in [1.807, 2.05) is 0 Å². The third-order valence-electron chi connectivity index (χ3n) is 6.95. The van der Waals surface area contributed by atoms with Crippen LogP contribution >= 0.6 is 23.1 Å². The van der Waals surface area contributed by atoms with Gasteiger partial charge in [0.2, 0.25) is 16.9 Å². The Bertz CT molecular complexity index is 1040. The maximum absolute atomic E-state index is 13.1. The van der Waals surface area contributed by atoms with Gasteiger partial charge in [0.1, 0.15) is 0 Å². The molecule has 4 bridgehead atoms. The highest BCUT2D eigenvalue weighted by atomic mass is 32.2. The predicted molar refractivity (Wildman–Crippen MR) is 120 cm³/mol. The normalized spacial score (nSPS) is 28.0. The summed E-state index contributed by atoms with van der Waals surface area (Å²) < 4.78 is 39.0. The van der Waals surface area contributed by atoms with Gasteiger partial charge in [0.15, 0.2) is 4.34 Å². The van der Waals surface area contributed by atoms with Crippen LogP contribution in [0.4, 0.5) is 24.0 Å². The Hall–Kier alpha value is -2.14. The first-order valence-electron chi connectivity index (χ1n) is 10.9. The Kier molecular flexibility index (Phi) is 5.88. The number of hydrogen-bond acceptors (Lipinski definition) is 6. The average molecular weight is 497 g/mol. The molecule has 11 heteroatoms. The minimum atomic E-state index is -4.47. The number of rotatable bonds is 6. The third-order valence-corrected chi connectivity index (χ3v) is 8.92. The molecule has 1 aromatic heterocycles. The van der Waals surface area contributed by atoms with Gasteiger partial charge < -0.3 is 10.6 Å². The Balaban J connectivity index is 1.14. The molecule has 0 atom stereocenters. The summed E-state index contributed by atoms with van der Waals surface area (Å²) in [6, 6.07) is 4.49. The van der Waals surface area contributed by atoms with Gasteiger partial charge in [-0.1, -0.05) is 29.2 Å². The summed E-state index contributed by atoms with van der Waals surface area (Å²) in [7, 11) is 0. The van der Waals surface area contributed by atoms with E-state index in [0.29, 0.717) is 27.2 Å². The first-order chi connectivity index (χ1) is 15.7. The molecule has 0 unspecified atom stereocenters. The molecule has 33 heavy (non-hydrogen) atoms. The van der Waals surface area contributed by atoms with Crippen molar-refractivity contribution in [2.24, 2.45) is 23.2 Å². The molecule has 0 radical (unpaired) electrons. The van der Waals surface area contributed by atoms with Crippen LogP contribution in [0.5, 0.6) is 0 Å². The standard InChI is InChI=1S/C22H23F3N4O2S2/c23-22(24,25)15-2-1-3-16(7-15)26-17(30)11-32-20-29-28-19(33-20)27-18(31)21-8-12-4-13(9-21)6-14(5-12)10-21/h1-3,7,12-14H,4-6,8-11H2,(H,26,30)(H,27,28,31). The molecule has 1 aromatic carbocycles. The summed E-state index contributed by atoms with van der Waals surface area (Å²) >= 11 is 2.32. The Labute approximate surface area is 197 Å². The number of benzene rings is 1. The lowest BCUT2D eigenvalue weighted by atomic mass is 9.49. The molecular weight excluding hydrogens is 473 g/mol. The van der Waals surface area contributed by atoms with Crippen LogP contribution in [-0.2, 0) is 15.8 Å². The van der Waals surface area contributed by atoms with Crippen molar-refractivity contribution < 1.29 is 22.8 Å². The largest absolute Gasteiger partial charge is 0.416 e. The number of nitrogens with one attached hydrogen (secondary N) is 2. The summed E-state index contributed by atoms with van der Waals surface area (Å²) in [4.78, 5) is 25.3. The highest BCUT2D eigenvalue weighted by Gasteiger charge is 2.54. The van der Waals surface area contributed by atoms with Gasteiger partial charge in [0, 0.05) is 5.69 Å². The van der Waals surface area contributed by atoms with Gasteiger partial charge in [-0.15, -0.1) is 10.2 Å². The van der Waals surface area contributed by atoms with Gasteiger partial charge in [0.05, 0.1) is 16.7 Å². The second kappa shape index (κ2) is 8.57. The fraction of sp³-hybridized carbons (Fsp3) is 0.545. The molecule has 4 aliphatic carbocycles. The highest BCUT2D eigenvalue weighted by molar-refractivity contribution is 8.01. The van der Waals surface area contributed by atoms with Crippen molar-refractivity contribution in [3.8, 4) is 0 Å². The molecule has 2 N–H and O–H groups in total. The SMILES string of the molecule is O=C(CSc1nnc(NC(=O)C23CC4CC(CC(C4)C2)C3)s1)Nc1cccc(C(F)(F)F)c1. The van der Waals surface area contributed by atoms with Crippen LogP contribution in [0, 0.1) is 23.2 Å². The molecule has 4 fully saturated rings. The van der Waals surface area contributed by atoms with Crippen molar-refractivity contribution in [2.75, 3.05) is 16.4 Å². The van der Waals surface area contributed by atoms with Crippen molar-refractivity contribution in [3.63, 3.8) is 0 Å². The maximum atomic E-state index is 13.1.